The third-order valence-electron chi connectivity index (χ3n) is 5.33. The quantitative estimate of drug-likeness (QED) is 0.270. The van der Waals surface area contributed by atoms with Crippen LogP contribution >= 0.6 is 23.7 Å². The van der Waals surface area contributed by atoms with Crippen molar-refractivity contribution < 1.29 is 37.4 Å². The van der Waals surface area contributed by atoms with Crippen LogP contribution < -0.4 is 20.9 Å². The average Bonchev–Trinajstić information content (AvgIpc) is 3.02. The van der Waals surface area contributed by atoms with Crippen molar-refractivity contribution in [3.8, 4) is 5.75 Å². The summed E-state index contributed by atoms with van der Waals surface area (Å²) in [5.74, 6) is -0.589. The minimum absolute atomic E-state index is 0.129. The van der Waals surface area contributed by atoms with Crippen molar-refractivity contribution in [3.63, 3.8) is 0 Å². The fourth-order valence-corrected chi connectivity index (χ4v) is 5.25. The van der Waals surface area contributed by atoms with E-state index in [4.69, 9.17) is 18.5 Å². The summed E-state index contributed by atoms with van der Waals surface area (Å²) in [6.07, 6.45) is -4.24. The molecule has 3 N–H and O–H groups in total. The van der Waals surface area contributed by atoms with Crippen molar-refractivity contribution in [1.82, 2.24) is 14.6 Å². The van der Waals surface area contributed by atoms with Gasteiger partial charge in [0.25, 0.3) is 5.56 Å². The molecule has 1 aromatic carbocycles. The van der Waals surface area contributed by atoms with E-state index in [1.54, 1.807) is 26.0 Å². The molecule has 1 saturated heterocycles. The van der Waals surface area contributed by atoms with E-state index in [-0.39, 0.29) is 5.75 Å². The minimum Gasteiger partial charge on any atom is -0.462 e. The predicted octanol–water partition coefficient (Wildman–Crippen LogP) is 2.42. The third kappa shape index (κ3) is 7.15. The van der Waals surface area contributed by atoms with Crippen molar-refractivity contribution in [2.75, 3.05) is 6.61 Å². The second kappa shape index (κ2) is 11.6. The Morgan fingerprint density at radius 2 is 1.95 bits per heavy atom. The molecule has 2 heterocycles. The molecule has 1 aliphatic rings. The van der Waals surface area contributed by atoms with E-state index < -0.39 is 67.8 Å². The first kappa shape index (κ1) is 29.2. The zero-order chi connectivity index (χ0) is 27.5. The number of H-pyrrole nitrogens is 1. The molecule has 2 aromatic rings. The highest BCUT2D eigenvalue weighted by Gasteiger charge is 2.55. The van der Waals surface area contributed by atoms with E-state index in [1.807, 2.05) is 4.98 Å². The molecule has 0 radical (unpaired) electrons. The first-order valence-electron chi connectivity index (χ1n) is 11.2. The first-order chi connectivity index (χ1) is 17.2. The maximum atomic E-state index is 15.5. The zero-order valence-corrected chi connectivity index (χ0v) is 22.9. The number of esters is 1. The Bertz CT molecular complexity index is 1270. The molecule has 204 valence electrons. The van der Waals surface area contributed by atoms with Crippen LogP contribution in [0.4, 0.5) is 4.39 Å². The maximum absolute atomic E-state index is 15.5. The number of benzene rings is 1. The van der Waals surface area contributed by atoms with Gasteiger partial charge in [-0.05, 0) is 52.0 Å². The minimum atomic E-state index is -4.33. The number of carbonyl (C=O) groups excluding carboxylic acids is 1. The number of aliphatic hydroxyl groups is 1. The number of hydrogen-bond acceptors (Lipinski definition) is 9. The first-order valence-corrected chi connectivity index (χ1v) is 13.6. The molecule has 0 amide bonds. The van der Waals surface area contributed by atoms with Crippen LogP contribution in [0.5, 0.6) is 5.75 Å². The Morgan fingerprint density at radius 1 is 1.30 bits per heavy atom. The zero-order valence-electron chi connectivity index (χ0n) is 20.4. The van der Waals surface area contributed by atoms with E-state index in [0.717, 1.165) is 28.2 Å². The van der Waals surface area contributed by atoms with Crippen LogP contribution in [0.1, 0.15) is 33.9 Å². The second-order valence-corrected chi connectivity index (χ2v) is 11.4. The summed E-state index contributed by atoms with van der Waals surface area (Å²) in [6, 6.07) is 6.12. The molecule has 1 fully saturated rings. The Balaban J connectivity index is 1.81. The van der Waals surface area contributed by atoms with Crippen LogP contribution in [0.25, 0.3) is 0 Å². The summed E-state index contributed by atoms with van der Waals surface area (Å²) >= 11 is 3.28. The number of hydrogen-bond donors (Lipinski definition) is 3. The van der Waals surface area contributed by atoms with E-state index in [2.05, 4.69) is 21.0 Å². The van der Waals surface area contributed by atoms with Gasteiger partial charge in [-0.3, -0.25) is 23.7 Å². The summed E-state index contributed by atoms with van der Waals surface area (Å²) in [7, 11) is -4.33. The molecule has 1 aromatic heterocycles. The molecule has 0 bridgehead atoms. The summed E-state index contributed by atoms with van der Waals surface area (Å²) in [5.41, 5.74) is -4.13. The van der Waals surface area contributed by atoms with E-state index in [9.17, 15) is 24.1 Å². The summed E-state index contributed by atoms with van der Waals surface area (Å²) < 4.78 is 52.3. The largest absolute Gasteiger partial charge is 0.462 e. The van der Waals surface area contributed by atoms with Crippen LogP contribution in [-0.2, 0) is 23.4 Å². The number of halogens is 2. The summed E-state index contributed by atoms with van der Waals surface area (Å²) in [5, 5.41) is 13.1. The summed E-state index contributed by atoms with van der Waals surface area (Å²) in [4.78, 5) is 37.8. The molecule has 1 unspecified atom stereocenters. The molecule has 12 nitrogen and oxygen atoms in total. The standard InChI is InChI=1S/C22H28BrFN3O9P/c1-12(2)34-19(30)13(3)26-37(32,36-15-7-5-14(23)6-8-15)33-11-16-18(29)22(4,24)20(35-16)27-10-9-17(28)25-21(27)31/h5-10,12-13,16,18,20,29H,11H2,1-4H3,(H,26,32)(H,25,28,31)/t13-,16+,18+,20+,22+,37?/m0/s1. The molecule has 0 aliphatic carbocycles. The van der Waals surface area contributed by atoms with Crippen LogP contribution in [0.3, 0.4) is 0 Å². The number of nitrogens with one attached hydrogen (secondary N) is 2. The van der Waals surface area contributed by atoms with E-state index in [0.29, 0.717) is 0 Å². The molecule has 15 heteroatoms. The van der Waals surface area contributed by atoms with Crippen LogP contribution in [0, 0.1) is 0 Å². The third-order valence-corrected chi connectivity index (χ3v) is 7.50. The van der Waals surface area contributed by atoms with Gasteiger partial charge in [0.2, 0.25) is 0 Å². The number of rotatable bonds is 10. The topological polar surface area (TPSA) is 158 Å². The van der Waals surface area contributed by atoms with Gasteiger partial charge in [0.05, 0.1) is 12.7 Å². The molecule has 3 rings (SSSR count). The van der Waals surface area contributed by atoms with Gasteiger partial charge in [0.1, 0.15) is 24.0 Å². The molecule has 0 saturated carbocycles. The van der Waals surface area contributed by atoms with Gasteiger partial charge in [-0.25, -0.2) is 13.8 Å². The lowest BCUT2D eigenvalue weighted by Crippen LogP contribution is -2.43. The van der Waals surface area contributed by atoms with Crippen molar-refractivity contribution in [2.45, 2.75) is 63.9 Å². The summed E-state index contributed by atoms with van der Waals surface area (Å²) in [6.45, 7) is 5.05. The number of nitrogens with zero attached hydrogens (tertiary/aromatic N) is 1. The average molecular weight is 608 g/mol. The van der Waals surface area contributed by atoms with Crippen LogP contribution in [-0.4, -0.2) is 57.3 Å². The van der Waals surface area contributed by atoms with Gasteiger partial charge in [-0.1, -0.05) is 15.9 Å². The predicted molar refractivity (Wildman–Crippen MR) is 133 cm³/mol. The van der Waals surface area contributed by atoms with Crippen LogP contribution in [0.15, 0.2) is 50.6 Å². The highest BCUT2D eigenvalue weighted by molar-refractivity contribution is 9.10. The Labute approximate surface area is 219 Å². The lowest BCUT2D eigenvalue weighted by Gasteiger charge is -2.25. The van der Waals surface area contributed by atoms with Gasteiger partial charge >= 0.3 is 19.4 Å². The van der Waals surface area contributed by atoms with Gasteiger partial charge in [-0.2, -0.15) is 5.09 Å². The highest BCUT2D eigenvalue weighted by Crippen LogP contribution is 2.47. The van der Waals surface area contributed by atoms with Crippen molar-refractivity contribution >= 4 is 29.6 Å². The van der Waals surface area contributed by atoms with Gasteiger partial charge < -0.3 is 19.1 Å². The Morgan fingerprint density at radius 3 is 2.54 bits per heavy atom. The second-order valence-electron chi connectivity index (χ2n) is 8.82. The van der Waals surface area contributed by atoms with E-state index in [1.165, 1.54) is 19.1 Å². The lowest BCUT2D eigenvalue weighted by atomic mass is 9.98. The maximum Gasteiger partial charge on any atom is 0.459 e. The van der Waals surface area contributed by atoms with Gasteiger partial charge in [0, 0.05) is 16.7 Å². The Hall–Kier alpha value is -2.35. The highest BCUT2D eigenvalue weighted by atomic mass is 79.9. The fraction of sp³-hybridized carbons (Fsp3) is 0.500. The number of aliphatic hydroxyl groups excluding tert-OH is 1. The van der Waals surface area contributed by atoms with Gasteiger partial charge in [0.15, 0.2) is 11.9 Å². The van der Waals surface area contributed by atoms with Gasteiger partial charge in [-0.15, -0.1) is 0 Å². The lowest BCUT2D eigenvalue weighted by molar-refractivity contribution is -0.149. The normalized spacial score (nSPS) is 26.0. The molecular formula is C22H28BrFN3O9P. The molecule has 1 aliphatic heterocycles. The van der Waals surface area contributed by atoms with Crippen LogP contribution in [0.2, 0.25) is 0 Å². The van der Waals surface area contributed by atoms with Crippen molar-refractivity contribution in [1.29, 1.82) is 0 Å². The van der Waals surface area contributed by atoms with Crippen molar-refractivity contribution in [2.24, 2.45) is 0 Å². The molecule has 37 heavy (non-hydrogen) atoms. The molecule has 6 atom stereocenters. The Kier molecular flexibility index (Phi) is 9.14. The number of alkyl halides is 1. The fourth-order valence-electron chi connectivity index (χ4n) is 3.48. The number of aromatic nitrogens is 2. The number of ether oxygens (including phenoxy) is 2. The SMILES string of the molecule is CC(C)OC(=O)[C@H](C)NP(=O)(OC[C@H]1O[C@@H](n2ccc(=O)[nH]c2=O)[C@](C)(F)[C@@H]1O)Oc1ccc(Br)cc1. The number of aromatic amines is 1. The molecular weight excluding hydrogens is 580 g/mol. The molecule has 0 spiro atoms. The van der Waals surface area contributed by atoms with E-state index >= 15 is 4.39 Å². The number of carbonyl (C=O) groups is 1. The monoisotopic (exact) mass is 607 g/mol. The smallest absolute Gasteiger partial charge is 0.459 e. The van der Waals surface area contributed by atoms with Crippen molar-refractivity contribution in [3.05, 3.63) is 61.8 Å².